The monoisotopic (exact) mass is 634 g/mol. The standard InChI is InChI=1S/C23H29ClN4O5P2S3/c1-5-29-34(36,30-6-2)33-20-15-13-18(14-16-20)22-26-27-23(38-35(37,31-7-3)32-8-4)28(22)25-17-19-11-9-10-12-21(19)24/h9-17H,5-8H2,1-4H3/b25-17+. The Bertz CT molecular complexity index is 1310. The number of hydrogen-bond acceptors (Lipinski definition) is 11. The van der Waals surface area contributed by atoms with Crippen molar-refractivity contribution in [3.05, 3.63) is 59.1 Å². The fourth-order valence-electron chi connectivity index (χ4n) is 3.01. The maximum absolute atomic E-state index is 6.34. The molecule has 0 aliphatic carbocycles. The van der Waals surface area contributed by atoms with Gasteiger partial charge in [0.2, 0.25) is 5.16 Å². The Balaban J connectivity index is 1.99. The van der Waals surface area contributed by atoms with E-state index >= 15 is 0 Å². The second-order valence-corrected chi connectivity index (χ2v) is 16.6. The van der Waals surface area contributed by atoms with Crippen molar-refractivity contribution in [2.24, 2.45) is 5.10 Å². The van der Waals surface area contributed by atoms with E-state index in [1.54, 1.807) is 29.1 Å². The largest absolute Gasteiger partial charge is 0.424 e. The molecule has 15 heteroatoms. The van der Waals surface area contributed by atoms with Crippen LogP contribution in [0.1, 0.15) is 33.3 Å². The maximum Gasteiger partial charge on any atom is 0.380 e. The normalized spacial score (nSPS) is 12.3. The summed E-state index contributed by atoms with van der Waals surface area (Å²) in [5.41, 5.74) is -1.26. The second kappa shape index (κ2) is 15.0. The van der Waals surface area contributed by atoms with Gasteiger partial charge in [0.1, 0.15) is 5.75 Å². The minimum Gasteiger partial charge on any atom is -0.424 e. The smallest absolute Gasteiger partial charge is 0.380 e. The van der Waals surface area contributed by atoms with Gasteiger partial charge in [0.25, 0.3) is 5.69 Å². The highest BCUT2D eigenvalue weighted by Crippen LogP contribution is 2.63. The highest BCUT2D eigenvalue weighted by atomic mass is 35.5. The summed E-state index contributed by atoms with van der Waals surface area (Å²) in [6, 6.07) is 14.6. The summed E-state index contributed by atoms with van der Waals surface area (Å²) in [7, 11) is 0. The number of benzene rings is 2. The summed E-state index contributed by atoms with van der Waals surface area (Å²) in [5, 5.41) is 14.4. The van der Waals surface area contributed by atoms with Crippen LogP contribution in [-0.2, 0) is 41.7 Å². The van der Waals surface area contributed by atoms with Gasteiger partial charge in [0, 0.05) is 39.3 Å². The van der Waals surface area contributed by atoms with Gasteiger partial charge < -0.3 is 13.6 Å². The fourth-order valence-corrected chi connectivity index (χ4v) is 9.70. The lowest BCUT2D eigenvalue weighted by atomic mass is 10.2. The Morgan fingerprint density at radius 1 is 0.895 bits per heavy atom. The molecule has 0 N–H and O–H groups in total. The predicted octanol–water partition coefficient (Wildman–Crippen LogP) is 7.55. The van der Waals surface area contributed by atoms with Crippen molar-refractivity contribution in [2.45, 2.75) is 32.9 Å². The second-order valence-electron chi connectivity index (χ2n) is 7.16. The van der Waals surface area contributed by atoms with Gasteiger partial charge in [-0.05, 0) is 69.8 Å². The minimum atomic E-state index is -2.90. The minimum absolute atomic E-state index is 0.388. The van der Waals surface area contributed by atoms with Crippen molar-refractivity contribution in [3.63, 3.8) is 0 Å². The van der Waals surface area contributed by atoms with Crippen molar-refractivity contribution < 1.29 is 22.6 Å². The zero-order valence-corrected chi connectivity index (χ0v) is 26.3. The molecule has 3 aromatic rings. The molecule has 0 amide bonds. The van der Waals surface area contributed by atoms with Crippen LogP contribution in [0, 0.1) is 0 Å². The molecule has 0 fully saturated rings. The molecular weight excluding hydrogens is 606 g/mol. The van der Waals surface area contributed by atoms with Crippen LogP contribution < -0.4 is 4.52 Å². The van der Waals surface area contributed by atoms with Crippen LogP contribution in [0.2, 0.25) is 5.02 Å². The molecule has 0 atom stereocenters. The quantitative estimate of drug-likeness (QED) is 0.123. The molecule has 1 heterocycles. The molecular formula is C23H29ClN4O5P2S3. The van der Waals surface area contributed by atoms with E-state index in [1.807, 2.05) is 58.0 Å². The Labute approximate surface area is 242 Å². The third-order valence-corrected chi connectivity index (χ3v) is 12.2. The van der Waals surface area contributed by atoms with Crippen LogP contribution >= 0.6 is 35.4 Å². The Hall–Kier alpha value is -1.17. The third-order valence-electron chi connectivity index (χ3n) is 4.50. The van der Waals surface area contributed by atoms with E-state index < -0.39 is 12.4 Å². The molecule has 0 saturated carbocycles. The van der Waals surface area contributed by atoms with Crippen molar-refractivity contribution in [2.75, 3.05) is 26.4 Å². The fraction of sp³-hybridized carbons (Fsp3) is 0.348. The van der Waals surface area contributed by atoms with E-state index in [-0.39, 0.29) is 0 Å². The van der Waals surface area contributed by atoms with E-state index in [1.165, 1.54) is 11.4 Å². The van der Waals surface area contributed by atoms with Crippen molar-refractivity contribution in [1.82, 2.24) is 14.9 Å². The molecule has 38 heavy (non-hydrogen) atoms. The van der Waals surface area contributed by atoms with Gasteiger partial charge in [0.05, 0.1) is 32.6 Å². The predicted molar refractivity (Wildman–Crippen MR) is 161 cm³/mol. The molecule has 0 saturated heterocycles. The third kappa shape index (κ3) is 8.66. The summed E-state index contributed by atoms with van der Waals surface area (Å²) < 4.78 is 30.2. The molecule has 0 unspecified atom stereocenters. The Kier molecular flexibility index (Phi) is 12.4. The zero-order chi connectivity index (χ0) is 27.6. The van der Waals surface area contributed by atoms with Crippen LogP contribution in [0.15, 0.2) is 58.8 Å². The highest BCUT2D eigenvalue weighted by molar-refractivity contribution is 8.67. The van der Waals surface area contributed by atoms with Crippen LogP contribution in [0.4, 0.5) is 0 Å². The molecule has 0 bridgehead atoms. The molecule has 0 aliphatic rings. The number of halogens is 1. The van der Waals surface area contributed by atoms with Crippen LogP contribution in [0.3, 0.4) is 0 Å². The maximum atomic E-state index is 6.34. The van der Waals surface area contributed by atoms with Gasteiger partial charge in [-0.3, -0.25) is 9.05 Å². The number of nitrogens with zero attached hydrogens (tertiary/aromatic N) is 4. The summed E-state index contributed by atoms with van der Waals surface area (Å²) in [6.07, 6.45) is 1.64. The molecule has 2 aromatic carbocycles. The van der Waals surface area contributed by atoms with Crippen LogP contribution in [0.5, 0.6) is 5.75 Å². The molecule has 0 aliphatic heterocycles. The van der Waals surface area contributed by atoms with E-state index in [0.717, 1.165) is 11.1 Å². The van der Waals surface area contributed by atoms with E-state index in [0.29, 0.717) is 48.2 Å². The van der Waals surface area contributed by atoms with Gasteiger partial charge in [-0.15, -0.1) is 10.2 Å². The first-order valence-corrected chi connectivity index (χ1v) is 18.8. The average Bonchev–Trinajstić information content (AvgIpc) is 3.26. The lowest BCUT2D eigenvalue weighted by molar-refractivity contribution is 0.218. The lowest BCUT2D eigenvalue weighted by Gasteiger charge is -2.21. The van der Waals surface area contributed by atoms with Gasteiger partial charge in [-0.25, -0.2) is 0 Å². The zero-order valence-electron chi connectivity index (χ0n) is 21.4. The molecule has 9 nitrogen and oxygen atoms in total. The summed E-state index contributed by atoms with van der Waals surface area (Å²) in [6.45, 7) is 6.12. The molecule has 0 spiro atoms. The van der Waals surface area contributed by atoms with Crippen LogP contribution in [0.25, 0.3) is 11.4 Å². The average molecular weight is 635 g/mol. The summed E-state index contributed by atoms with van der Waals surface area (Å²) >= 11 is 18.7. The Morgan fingerprint density at radius 2 is 1.50 bits per heavy atom. The van der Waals surface area contributed by atoms with E-state index in [2.05, 4.69) is 15.3 Å². The number of rotatable bonds is 15. The Morgan fingerprint density at radius 3 is 2.08 bits per heavy atom. The van der Waals surface area contributed by atoms with Gasteiger partial charge >= 0.3 is 6.72 Å². The van der Waals surface area contributed by atoms with Crippen molar-refractivity contribution in [1.29, 1.82) is 0 Å². The lowest BCUT2D eigenvalue weighted by Crippen LogP contribution is -2.02. The molecule has 0 radical (unpaired) electrons. The van der Waals surface area contributed by atoms with Gasteiger partial charge in [-0.1, -0.05) is 29.8 Å². The summed E-state index contributed by atoms with van der Waals surface area (Å²) in [5.74, 6) is 0.994. The van der Waals surface area contributed by atoms with Crippen molar-refractivity contribution >= 4 is 65.2 Å². The van der Waals surface area contributed by atoms with Crippen LogP contribution in [-0.4, -0.2) is 47.5 Å². The van der Waals surface area contributed by atoms with Gasteiger partial charge in [-0.2, -0.15) is 9.78 Å². The highest BCUT2D eigenvalue weighted by Gasteiger charge is 2.26. The molecule has 1 aromatic heterocycles. The number of hydrogen-bond donors (Lipinski definition) is 0. The van der Waals surface area contributed by atoms with E-state index in [4.69, 9.17) is 57.8 Å². The van der Waals surface area contributed by atoms with Gasteiger partial charge in [0.15, 0.2) is 5.82 Å². The van der Waals surface area contributed by atoms with E-state index in [9.17, 15) is 0 Å². The first kappa shape index (κ1) is 31.4. The summed E-state index contributed by atoms with van der Waals surface area (Å²) in [4.78, 5) is 0. The number of aromatic nitrogens is 3. The SMILES string of the molecule is CCOP(=S)(OCC)Oc1ccc(-c2nnc(SP(=S)(OCC)OCC)n2/N=C/c2ccccc2Cl)cc1. The van der Waals surface area contributed by atoms with Crippen molar-refractivity contribution in [3.8, 4) is 17.1 Å². The molecule has 206 valence electrons. The first-order valence-electron chi connectivity index (χ1n) is 11.8. The molecule has 3 rings (SSSR count). The first-order chi connectivity index (χ1) is 18.3. The topological polar surface area (TPSA) is 89.2 Å².